The van der Waals surface area contributed by atoms with Gasteiger partial charge in [0.05, 0.1) is 0 Å². The van der Waals surface area contributed by atoms with Gasteiger partial charge in [0.1, 0.15) is 0 Å². The first kappa shape index (κ1) is 14.5. The number of hydrogen-bond donors (Lipinski definition) is 1. The summed E-state index contributed by atoms with van der Waals surface area (Å²) < 4.78 is 0. The van der Waals surface area contributed by atoms with Gasteiger partial charge in [0.25, 0.3) is 0 Å². The summed E-state index contributed by atoms with van der Waals surface area (Å²) in [5, 5.41) is 3.78. The fourth-order valence-electron chi connectivity index (χ4n) is 2.72. The predicted octanol–water partition coefficient (Wildman–Crippen LogP) is 4.34. The molecule has 96 valence electrons. The molecule has 1 fully saturated rings. The fraction of sp³-hybridized carbons (Fsp3) is 0.600. The lowest BCUT2D eigenvalue weighted by atomic mass is 9.85. The second kappa shape index (κ2) is 7.03. The van der Waals surface area contributed by atoms with Gasteiger partial charge in [0.15, 0.2) is 0 Å². The highest BCUT2D eigenvalue weighted by molar-refractivity contribution is 5.85. The van der Waals surface area contributed by atoms with Crippen LogP contribution in [0.3, 0.4) is 0 Å². The van der Waals surface area contributed by atoms with Crippen molar-refractivity contribution < 1.29 is 0 Å². The molecule has 0 aliphatic heterocycles. The second-order valence-electron chi connectivity index (χ2n) is 5.17. The van der Waals surface area contributed by atoms with Crippen LogP contribution in [0, 0.1) is 5.92 Å². The molecular formula is C15H24ClN. The van der Waals surface area contributed by atoms with Crippen molar-refractivity contribution in [3.63, 3.8) is 0 Å². The minimum atomic E-state index is 0. The fourth-order valence-corrected chi connectivity index (χ4v) is 2.72. The zero-order chi connectivity index (χ0) is 11.4. The highest BCUT2D eigenvalue weighted by Gasteiger charge is 2.22. The third-order valence-corrected chi connectivity index (χ3v) is 3.88. The van der Waals surface area contributed by atoms with Gasteiger partial charge in [-0.25, -0.2) is 0 Å². The van der Waals surface area contributed by atoms with Gasteiger partial charge in [0, 0.05) is 12.1 Å². The van der Waals surface area contributed by atoms with Crippen molar-refractivity contribution in [1.82, 2.24) is 5.32 Å². The van der Waals surface area contributed by atoms with E-state index in [0.717, 1.165) is 5.92 Å². The molecule has 0 saturated heterocycles. The van der Waals surface area contributed by atoms with Crippen molar-refractivity contribution in [3.8, 4) is 0 Å². The third-order valence-electron chi connectivity index (χ3n) is 3.88. The summed E-state index contributed by atoms with van der Waals surface area (Å²) in [5.74, 6) is 0.833. The Balaban J connectivity index is 0.00000144. The highest BCUT2D eigenvalue weighted by atomic mass is 35.5. The molecule has 1 nitrogen and oxygen atoms in total. The first-order chi connectivity index (χ1) is 7.77. The van der Waals surface area contributed by atoms with Gasteiger partial charge in [-0.05, 0) is 31.2 Å². The smallest absolute Gasteiger partial charge is 0.0294 e. The van der Waals surface area contributed by atoms with Gasteiger partial charge in [-0.2, -0.15) is 0 Å². The van der Waals surface area contributed by atoms with Gasteiger partial charge >= 0.3 is 0 Å². The molecule has 0 radical (unpaired) electrons. The minimum absolute atomic E-state index is 0. The maximum Gasteiger partial charge on any atom is 0.0294 e. The SMILES string of the molecule is C[C@@H](N[C@@H]1CCCC[C@@H]1C)c1ccccc1.Cl. The summed E-state index contributed by atoms with van der Waals surface area (Å²) in [6.07, 6.45) is 5.54. The summed E-state index contributed by atoms with van der Waals surface area (Å²) in [6, 6.07) is 11.9. The Bertz CT molecular complexity index is 312. The Morgan fingerprint density at radius 3 is 2.41 bits per heavy atom. The average Bonchev–Trinajstić information content (AvgIpc) is 2.33. The van der Waals surface area contributed by atoms with E-state index >= 15 is 0 Å². The Morgan fingerprint density at radius 2 is 1.76 bits per heavy atom. The molecule has 3 atom stereocenters. The third kappa shape index (κ3) is 4.01. The zero-order valence-electron chi connectivity index (χ0n) is 10.9. The van der Waals surface area contributed by atoms with Gasteiger partial charge in [-0.15, -0.1) is 12.4 Å². The van der Waals surface area contributed by atoms with E-state index in [9.17, 15) is 0 Å². The number of rotatable bonds is 3. The van der Waals surface area contributed by atoms with Crippen LogP contribution in [0.5, 0.6) is 0 Å². The normalized spacial score (nSPS) is 26.0. The number of nitrogens with one attached hydrogen (secondary N) is 1. The molecule has 2 rings (SSSR count). The van der Waals surface area contributed by atoms with E-state index < -0.39 is 0 Å². The van der Waals surface area contributed by atoms with Gasteiger partial charge in [-0.1, -0.05) is 50.1 Å². The van der Waals surface area contributed by atoms with Crippen molar-refractivity contribution in [2.24, 2.45) is 5.92 Å². The van der Waals surface area contributed by atoms with Crippen LogP contribution < -0.4 is 5.32 Å². The predicted molar refractivity (Wildman–Crippen MR) is 76.7 cm³/mol. The van der Waals surface area contributed by atoms with E-state index in [4.69, 9.17) is 0 Å². The van der Waals surface area contributed by atoms with Crippen LogP contribution in [0.2, 0.25) is 0 Å². The zero-order valence-corrected chi connectivity index (χ0v) is 11.7. The maximum atomic E-state index is 3.78. The Hall–Kier alpha value is -0.530. The van der Waals surface area contributed by atoms with Gasteiger partial charge in [-0.3, -0.25) is 0 Å². The molecule has 1 aliphatic carbocycles. The molecule has 0 spiro atoms. The van der Waals surface area contributed by atoms with Crippen LogP contribution in [-0.2, 0) is 0 Å². The van der Waals surface area contributed by atoms with E-state index in [2.05, 4.69) is 49.5 Å². The van der Waals surface area contributed by atoms with Crippen LogP contribution in [0.15, 0.2) is 30.3 Å². The first-order valence-electron chi connectivity index (χ1n) is 6.58. The van der Waals surface area contributed by atoms with Crippen molar-refractivity contribution in [3.05, 3.63) is 35.9 Å². The van der Waals surface area contributed by atoms with E-state index in [1.807, 2.05) is 0 Å². The Labute approximate surface area is 111 Å². The second-order valence-corrected chi connectivity index (χ2v) is 5.17. The largest absolute Gasteiger partial charge is 0.307 e. The van der Waals surface area contributed by atoms with Crippen LogP contribution in [0.25, 0.3) is 0 Å². The van der Waals surface area contributed by atoms with Crippen LogP contribution in [0.4, 0.5) is 0 Å². The molecule has 0 amide bonds. The Morgan fingerprint density at radius 1 is 1.12 bits per heavy atom. The maximum absolute atomic E-state index is 3.78. The summed E-state index contributed by atoms with van der Waals surface area (Å²) >= 11 is 0. The molecule has 1 N–H and O–H groups in total. The molecule has 1 saturated carbocycles. The van der Waals surface area contributed by atoms with Crippen molar-refractivity contribution in [1.29, 1.82) is 0 Å². The summed E-state index contributed by atoms with van der Waals surface area (Å²) in [7, 11) is 0. The molecule has 0 heterocycles. The van der Waals surface area contributed by atoms with E-state index in [1.165, 1.54) is 31.2 Å². The topological polar surface area (TPSA) is 12.0 Å². The average molecular weight is 254 g/mol. The monoisotopic (exact) mass is 253 g/mol. The number of halogens is 1. The van der Waals surface area contributed by atoms with E-state index in [-0.39, 0.29) is 12.4 Å². The van der Waals surface area contributed by atoms with Crippen LogP contribution in [-0.4, -0.2) is 6.04 Å². The Kier molecular flexibility index (Phi) is 6.01. The van der Waals surface area contributed by atoms with E-state index in [1.54, 1.807) is 0 Å². The minimum Gasteiger partial charge on any atom is -0.307 e. The molecular weight excluding hydrogens is 230 g/mol. The molecule has 1 aliphatic rings. The summed E-state index contributed by atoms with van der Waals surface area (Å²) in [4.78, 5) is 0. The lowest BCUT2D eigenvalue weighted by Gasteiger charge is -2.32. The molecule has 17 heavy (non-hydrogen) atoms. The molecule has 1 aromatic rings. The van der Waals surface area contributed by atoms with E-state index in [0.29, 0.717) is 12.1 Å². The van der Waals surface area contributed by atoms with Gasteiger partial charge < -0.3 is 5.32 Å². The van der Waals surface area contributed by atoms with Gasteiger partial charge in [0.2, 0.25) is 0 Å². The molecule has 1 aromatic carbocycles. The summed E-state index contributed by atoms with van der Waals surface area (Å²) in [6.45, 7) is 4.66. The highest BCUT2D eigenvalue weighted by Crippen LogP contribution is 2.26. The van der Waals surface area contributed by atoms with Crippen molar-refractivity contribution >= 4 is 12.4 Å². The summed E-state index contributed by atoms with van der Waals surface area (Å²) in [5.41, 5.74) is 1.40. The van der Waals surface area contributed by atoms with Crippen LogP contribution >= 0.6 is 12.4 Å². The molecule has 0 aromatic heterocycles. The number of benzene rings is 1. The quantitative estimate of drug-likeness (QED) is 0.845. The number of hydrogen-bond acceptors (Lipinski definition) is 1. The van der Waals surface area contributed by atoms with Crippen molar-refractivity contribution in [2.45, 2.75) is 51.6 Å². The lowest BCUT2D eigenvalue weighted by molar-refractivity contribution is 0.263. The van der Waals surface area contributed by atoms with Crippen LogP contribution in [0.1, 0.15) is 51.1 Å². The molecule has 2 heteroatoms. The molecule has 0 bridgehead atoms. The lowest BCUT2D eigenvalue weighted by Crippen LogP contribution is -2.38. The first-order valence-corrected chi connectivity index (χ1v) is 6.58. The van der Waals surface area contributed by atoms with Crippen molar-refractivity contribution in [2.75, 3.05) is 0 Å². The molecule has 0 unspecified atom stereocenters. The standard InChI is InChI=1S/C15H23N.ClH/c1-12-8-6-7-11-15(12)16-13(2)14-9-4-3-5-10-14;/h3-5,9-10,12-13,15-16H,6-8,11H2,1-2H3;1H/t12-,13+,15+;/m0./s1.